The lowest BCUT2D eigenvalue weighted by atomic mass is 10.1. The van der Waals surface area contributed by atoms with Crippen LogP contribution in [0.5, 0.6) is 0 Å². The molecule has 4 rings (SSSR count). The molecule has 5 heteroatoms. The number of carbonyl (C=O) groups excluding carboxylic acids is 1. The molecule has 1 N–H and O–H groups in total. The van der Waals surface area contributed by atoms with Crippen molar-refractivity contribution in [1.82, 2.24) is 10.3 Å². The van der Waals surface area contributed by atoms with Gasteiger partial charge in [-0.05, 0) is 42.7 Å². The van der Waals surface area contributed by atoms with Crippen LogP contribution < -0.4 is 5.32 Å². The Hall–Kier alpha value is -2.69. The summed E-state index contributed by atoms with van der Waals surface area (Å²) < 4.78 is 0.705. The highest BCUT2D eigenvalue weighted by Crippen LogP contribution is 2.32. The minimum Gasteiger partial charge on any atom is -0.352 e. The van der Waals surface area contributed by atoms with Crippen molar-refractivity contribution in [3.05, 3.63) is 88.3 Å². The summed E-state index contributed by atoms with van der Waals surface area (Å²) in [7, 11) is 0. The second-order valence-corrected chi connectivity index (χ2v) is 8.24. The van der Waals surface area contributed by atoms with E-state index in [1.807, 2.05) is 60.7 Å². The summed E-state index contributed by atoms with van der Waals surface area (Å²) in [4.78, 5) is 18.6. The molecule has 1 amide bonds. The van der Waals surface area contributed by atoms with Crippen molar-refractivity contribution >= 4 is 39.7 Å². The Morgan fingerprint density at radius 2 is 1.79 bits per heavy atom. The number of pyridine rings is 1. The number of rotatable bonds is 6. The average Bonchev–Trinajstić information content (AvgIpc) is 3.17. The molecule has 4 aromatic rings. The molecule has 0 aliphatic carbocycles. The number of hydrogen-bond donors (Lipinski definition) is 1. The number of aromatic nitrogens is 1. The van der Waals surface area contributed by atoms with E-state index in [1.165, 1.54) is 16.9 Å². The van der Waals surface area contributed by atoms with Crippen LogP contribution in [0.4, 0.5) is 0 Å². The molecule has 28 heavy (non-hydrogen) atoms. The van der Waals surface area contributed by atoms with Crippen molar-refractivity contribution < 1.29 is 4.79 Å². The minimum absolute atomic E-state index is 0.0736. The smallest absolute Gasteiger partial charge is 0.252 e. The second kappa shape index (κ2) is 8.55. The summed E-state index contributed by atoms with van der Waals surface area (Å²) in [5, 5.41) is 3.91. The first-order valence-corrected chi connectivity index (χ1v) is 10.4. The van der Waals surface area contributed by atoms with Gasteiger partial charge in [0.2, 0.25) is 0 Å². The van der Waals surface area contributed by atoms with E-state index >= 15 is 0 Å². The van der Waals surface area contributed by atoms with E-state index < -0.39 is 0 Å². The number of nitrogens with zero attached hydrogens (tertiary/aromatic N) is 1. The number of para-hydroxylation sites is 1. The molecule has 0 atom stereocenters. The van der Waals surface area contributed by atoms with Gasteiger partial charge in [0.05, 0.1) is 26.0 Å². The maximum absolute atomic E-state index is 12.9. The van der Waals surface area contributed by atoms with Crippen molar-refractivity contribution in [2.24, 2.45) is 0 Å². The number of thiophene rings is 1. The van der Waals surface area contributed by atoms with Crippen molar-refractivity contribution in [3.63, 3.8) is 0 Å². The van der Waals surface area contributed by atoms with E-state index in [0.717, 1.165) is 34.3 Å². The molecule has 0 fully saturated rings. The predicted octanol–water partition coefficient (Wildman–Crippen LogP) is 5.98. The molecule has 0 bridgehead atoms. The molecule has 2 aromatic carbocycles. The fraction of sp³-hybridized carbons (Fsp3) is 0.130. The maximum Gasteiger partial charge on any atom is 0.252 e. The van der Waals surface area contributed by atoms with Crippen LogP contribution in [0.2, 0.25) is 4.34 Å². The molecule has 0 unspecified atom stereocenters. The van der Waals surface area contributed by atoms with Crippen molar-refractivity contribution in [2.45, 2.75) is 12.8 Å². The zero-order chi connectivity index (χ0) is 19.3. The number of aryl methyl sites for hydroxylation is 1. The van der Waals surface area contributed by atoms with Gasteiger partial charge in [-0.25, -0.2) is 4.98 Å². The zero-order valence-corrected chi connectivity index (χ0v) is 16.8. The molecule has 2 aromatic heterocycles. The number of halogens is 1. The first-order chi connectivity index (χ1) is 13.7. The molecule has 3 nitrogen and oxygen atoms in total. The number of carbonyl (C=O) groups is 1. The van der Waals surface area contributed by atoms with Crippen molar-refractivity contribution in [2.75, 3.05) is 6.54 Å². The van der Waals surface area contributed by atoms with Gasteiger partial charge in [0, 0.05) is 11.9 Å². The van der Waals surface area contributed by atoms with E-state index in [2.05, 4.69) is 17.4 Å². The maximum atomic E-state index is 12.9. The molecule has 2 heterocycles. The molecule has 0 spiro atoms. The van der Waals surface area contributed by atoms with Crippen LogP contribution >= 0.6 is 22.9 Å². The van der Waals surface area contributed by atoms with E-state index in [1.54, 1.807) is 0 Å². The highest BCUT2D eigenvalue weighted by molar-refractivity contribution is 7.19. The number of amides is 1. The van der Waals surface area contributed by atoms with Crippen LogP contribution in [0, 0.1) is 0 Å². The second-order valence-electron chi connectivity index (χ2n) is 6.52. The number of fused-ring (bicyclic) bond motifs is 1. The lowest BCUT2D eigenvalue weighted by Crippen LogP contribution is -2.25. The van der Waals surface area contributed by atoms with E-state index in [9.17, 15) is 4.79 Å². The Morgan fingerprint density at radius 1 is 1.00 bits per heavy atom. The van der Waals surface area contributed by atoms with E-state index in [-0.39, 0.29) is 5.91 Å². The minimum atomic E-state index is -0.0736. The van der Waals surface area contributed by atoms with Crippen LogP contribution in [-0.4, -0.2) is 17.4 Å². The van der Waals surface area contributed by atoms with Gasteiger partial charge in [-0.1, -0.05) is 60.1 Å². The molecule has 0 radical (unpaired) electrons. The van der Waals surface area contributed by atoms with Gasteiger partial charge in [-0.3, -0.25) is 4.79 Å². The summed E-state index contributed by atoms with van der Waals surface area (Å²) in [6.45, 7) is 0.630. The predicted molar refractivity (Wildman–Crippen MR) is 117 cm³/mol. The van der Waals surface area contributed by atoms with Crippen LogP contribution in [0.25, 0.3) is 21.5 Å². The Morgan fingerprint density at radius 3 is 2.57 bits per heavy atom. The lowest BCUT2D eigenvalue weighted by Gasteiger charge is -2.10. The standard InChI is InChI=1S/C23H19ClN2OS/c24-22-13-12-21(28-22)20-15-18(17-10-4-5-11-19(17)26-20)23(27)25-14-6-9-16-7-2-1-3-8-16/h1-5,7-8,10-13,15H,6,9,14H2,(H,25,27). The topological polar surface area (TPSA) is 42.0 Å². The highest BCUT2D eigenvalue weighted by Gasteiger charge is 2.14. The number of hydrogen-bond acceptors (Lipinski definition) is 3. The van der Waals surface area contributed by atoms with Gasteiger partial charge in [0.1, 0.15) is 0 Å². The van der Waals surface area contributed by atoms with Gasteiger partial charge in [-0.2, -0.15) is 0 Å². The molecule has 0 aliphatic heterocycles. The van der Waals surface area contributed by atoms with Gasteiger partial charge >= 0.3 is 0 Å². The fourth-order valence-corrected chi connectivity index (χ4v) is 4.18. The Bertz CT molecular complexity index is 1110. The van der Waals surface area contributed by atoms with Gasteiger partial charge in [-0.15, -0.1) is 11.3 Å². The summed E-state index contributed by atoms with van der Waals surface area (Å²) in [6, 6.07) is 23.7. The molecule has 140 valence electrons. The van der Waals surface area contributed by atoms with Crippen LogP contribution in [0.1, 0.15) is 22.3 Å². The summed E-state index contributed by atoms with van der Waals surface area (Å²) >= 11 is 7.54. The normalized spacial score (nSPS) is 10.9. The Balaban J connectivity index is 1.53. The van der Waals surface area contributed by atoms with Gasteiger partial charge in [0.25, 0.3) is 5.91 Å². The van der Waals surface area contributed by atoms with Gasteiger partial charge in [0.15, 0.2) is 0 Å². The van der Waals surface area contributed by atoms with Crippen LogP contribution in [0.3, 0.4) is 0 Å². The fourth-order valence-electron chi connectivity index (χ4n) is 3.18. The summed E-state index contributed by atoms with van der Waals surface area (Å²) in [5.74, 6) is -0.0736. The number of nitrogens with one attached hydrogen (secondary N) is 1. The SMILES string of the molecule is O=C(NCCCc1ccccc1)c1cc(-c2ccc(Cl)s2)nc2ccccc12. The zero-order valence-electron chi connectivity index (χ0n) is 15.2. The number of benzene rings is 2. The largest absolute Gasteiger partial charge is 0.352 e. The monoisotopic (exact) mass is 406 g/mol. The van der Waals surface area contributed by atoms with E-state index in [4.69, 9.17) is 16.6 Å². The van der Waals surface area contributed by atoms with Crippen LogP contribution in [0.15, 0.2) is 72.8 Å². The molecule has 0 saturated carbocycles. The van der Waals surface area contributed by atoms with Crippen molar-refractivity contribution in [1.29, 1.82) is 0 Å². The van der Waals surface area contributed by atoms with E-state index in [0.29, 0.717) is 16.4 Å². The Labute approximate surface area is 173 Å². The quantitative estimate of drug-likeness (QED) is 0.400. The van der Waals surface area contributed by atoms with Crippen LogP contribution in [-0.2, 0) is 6.42 Å². The highest BCUT2D eigenvalue weighted by atomic mass is 35.5. The molecule has 0 aliphatic rings. The molecular formula is C23H19ClN2OS. The Kier molecular flexibility index (Phi) is 5.70. The molecular weight excluding hydrogens is 388 g/mol. The third-order valence-corrected chi connectivity index (χ3v) is 5.81. The van der Waals surface area contributed by atoms with Gasteiger partial charge < -0.3 is 5.32 Å². The molecule has 0 saturated heterocycles. The summed E-state index contributed by atoms with van der Waals surface area (Å²) in [6.07, 6.45) is 1.84. The first-order valence-electron chi connectivity index (χ1n) is 9.18. The third-order valence-electron chi connectivity index (χ3n) is 4.56. The average molecular weight is 407 g/mol. The third kappa shape index (κ3) is 4.24. The first kappa shape index (κ1) is 18.7. The lowest BCUT2D eigenvalue weighted by molar-refractivity contribution is 0.0955. The van der Waals surface area contributed by atoms with Crippen molar-refractivity contribution in [3.8, 4) is 10.6 Å². The summed E-state index contributed by atoms with van der Waals surface area (Å²) in [5.41, 5.74) is 3.50.